The Hall–Kier alpha value is -5.25. The zero-order valence-corrected chi connectivity index (χ0v) is 50.1. The lowest BCUT2D eigenvalue weighted by Gasteiger charge is -2.41. The molecule has 1 aliphatic heterocycles. The van der Waals surface area contributed by atoms with Gasteiger partial charge in [0, 0.05) is 78.8 Å². The smallest absolute Gasteiger partial charge is 0.326 e. The molecule has 79 heavy (non-hydrogen) atoms. The highest BCUT2D eigenvalue weighted by atomic mass is 32.2. The van der Waals surface area contributed by atoms with E-state index >= 15 is 0 Å². The number of carboxylic acid groups (broad SMARTS) is 2. The maximum absolute atomic E-state index is 14.7. The lowest BCUT2D eigenvalue weighted by atomic mass is 9.83. The number of benzene rings is 1. The summed E-state index contributed by atoms with van der Waals surface area (Å²) in [5, 5.41) is 26.8. The summed E-state index contributed by atoms with van der Waals surface area (Å²) in [5.41, 5.74) is 0.754. The highest BCUT2D eigenvalue weighted by molar-refractivity contribution is 8.00. The number of ketones is 3. The third kappa shape index (κ3) is 22.3. The molecule has 0 radical (unpaired) electrons. The SMILES string of the molecule is CCC(=O)CNC(CSC(CC(=O)O)C(=O)NCCCCCC(=O)N(C)[C@H](C(=O)C[C@H](C(=O)N(C)[C@@H]([C@@H](C)CC)[C@@H](CC(=O)N1CCC[C@H]1[C@H](OC)[C@@H](C)C(=O)N[C@@H](Cc1ccccc1)C(=O)O)OC)C(C)C)C(C)C)C(C)=O. The quantitative estimate of drug-likeness (QED) is 0.0529. The largest absolute Gasteiger partial charge is 0.481 e. The van der Waals surface area contributed by atoms with E-state index in [-0.39, 0.29) is 97.4 Å². The first-order valence-electron chi connectivity index (χ1n) is 28.1. The number of hydrogen-bond donors (Lipinski definition) is 5. The second-order valence-electron chi connectivity index (χ2n) is 21.9. The molecule has 0 aliphatic carbocycles. The van der Waals surface area contributed by atoms with Crippen LogP contribution in [0.25, 0.3) is 0 Å². The molecule has 1 heterocycles. The van der Waals surface area contributed by atoms with Crippen molar-refractivity contribution in [2.24, 2.45) is 29.6 Å². The number of ether oxygens (including phenoxy) is 2. The normalized spacial score (nSPS) is 17.3. The molecule has 5 N–H and O–H groups in total. The minimum atomic E-state index is -1.17. The van der Waals surface area contributed by atoms with Crippen LogP contribution in [0.2, 0.25) is 0 Å². The molecule has 21 heteroatoms. The summed E-state index contributed by atoms with van der Waals surface area (Å²) in [5.74, 6) is -6.86. The van der Waals surface area contributed by atoms with Crippen LogP contribution in [-0.2, 0) is 63.8 Å². The first-order valence-corrected chi connectivity index (χ1v) is 29.1. The third-order valence-electron chi connectivity index (χ3n) is 15.4. The van der Waals surface area contributed by atoms with Gasteiger partial charge in [0.2, 0.25) is 29.5 Å². The maximum Gasteiger partial charge on any atom is 0.326 e. The molecule has 20 nitrogen and oxygen atoms in total. The van der Waals surface area contributed by atoms with Gasteiger partial charge < -0.3 is 45.0 Å². The van der Waals surface area contributed by atoms with Gasteiger partial charge in [-0.15, -0.1) is 11.8 Å². The highest BCUT2D eigenvalue weighted by Crippen LogP contribution is 2.31. The Kier molecular flexibility index (Phi) is 31.4. The number of nitrogens with one attached hydrogen (secondary N) is 3. The van der Waals surface area contributed by atoms with Crippen molar-refractivity contribution in [1.82, 2.24) is 30.7 Å². The highest BCUT2D eigenvalue weighted by Gasteiger charge is 2.44. The van der Waals surface area contributed by atoms with E-state index in [0.717, 1.165) is 17.3 Å². The summed E-state index contributed by atoms with van der Waals surface area (Å²) in [6.07, 6.45) is 1.71. The first kappa shape index (κ1) is 69.9. The fourth-order valence-corrected chi connectivity index (χ4v) is 11.7. The van der Waals surface area contributed by atoms with E-state index in [2.05, 4.69) is 16.0 Å². The maximum atomic E-state index is 14.7. The fraction of sp³-hybridized carbons (Fsp3) is 0.724. The van der Waals surface area contributed by atoms with E-state index in [1.807, 2.05) is 47.6 Å². The summed E-state index contributed by atoms with van der Waals surface area (Å²) in [7, 11) is 6.24. The summed E-state index contributed by atoms with van der Waals surface area (Å²) < 4.78 is 12.0. The van der Waals surface area contributed by atoms with E-state index in [1.54, 1.807) is 62.0 Å². The molecule has 5 amide bonds. The number of hydrogen-bond acceptors (Lipinski definition) is 14. The number of methoxy groups -OCH3 is 2. The molecule has 0 aromatic heterocycles. The first-order chi connectivity index (χ1) is 37.3. The Labute approximate surface area is 473 Å². The Balaban J connectivity index is 2.12. The van der Waals surface area contributed by atoms with Crippen LogP contribution in [0.15, 0.2) is 30.3 Å². The van der Waals surface area contributed by atoms with Gasteiger partial charge >= 0.3 is 11.9 Å². The standard InChI is InChI=1S/C58H94N6O14S/c1-14-37(7)53(47(77-12)31-50(69)64-28-22-25-45(64)54(78-13)38(8)55(72)61-43(58(75)76)29-40-23-18-16-19-24-40)63(11)57(74)42(35(3)4)30-46(67)52(36(5)6)62(10)49(68)26-20-17-21-27-59-56(73)48(32-51(70)71)79-34-44(39(9)65)60-33-41(66)15-2/h16,18-19,23-24,35-38,42-45,47-48,52-54,60H,14-15,17,20-22,25-34H2,1-13H3,(H,59,73)(H,61,72)(H,70,71)(H,75,76)/t37-,38+,42-,43-,44?,45-,47+,48?,52-,53-,54+/m0/s1. The number of carbonyl (C=O) groups is 10. The van der Waals surface area contributed by atoms with Gasteiger partial charge in [-0.25, -0.2) is 4.79 Å². The topological polar surface area (TPSA) is 275 Å². The zero-order valence-electron chi connectivity index (χ0n) is 49.2. The minimum absolute atomic E-state index is 0.00562. The predicted molar refractivity (Wildman–Crippen MR) is 303 cm³/mol. The van der Waals surface area contributed by atoms with Gasteiger partial charge in [-0.2, -0.15) is 0 Å². The summed E-state index contributed by atoms with van der Waals surface area (Å²) in [6, 6.07) is 5.23. The second kappa shape index (κ2) is 35.5. The van der Waals surface area contributed by atoms with Gasteiger partial charge in [0.1, 0.15) is 17.6 Å². The number of unbranched alkanes of at least 4 members (excludes halogenated alkanes) is 2. The average Bonchev–Trinajstić information content (AvgIpc) is 3.90. The predicted octanol–water partition coefficient (Wildman–Crippen LogP) is 5.21. The monoisotopic (exact) mass is 1130 g/mol. The third-order valence-corrected chi connectivity index (χ3v) is 16.7. The molecule has 0 bridgehead atoms. The molecule has 1 aliphatic rings. The van der Waals surface area contributed by atoms with E-state index in [9.17, 15) is 58.2 Å². The molecule has 0 spiro atoms. The molecule has 2 rings (SSSR count). The van der Waals surface area contributed by atoms with Crippen LogP contribution < -0.4 is 16.0 Å². The van der Waals surface area contributed by atoms with E-state index in [0.29, 0.717) is 51.5 Å². The number of Topliss-reactive ketones (excluding diaryl/α,β-unsaturated/α-hetero) is 3. The lowest BCUT2D eigenvalue weighted by Crippen LogP contribution is -2.55. The molecular weight excluding hydrogens is 1040 g/mol. The van der Waals surface area contributed by atoms with Crippen LogP contribution in [0, 0.1) is 29.6 Å². The summed E-state index contributed by atoms with van der Waals surface area (Å²) in [4.78, 5) is 136. The van der Waals surface area contributed by atoms with Crippen molar-refractivity contribution in [3.63, 3.8) is 0 Å². The number of thioether (sulfide) groups is 1. The fourth-order valence-electron chi connectivity index (χ4n) is 10.4. The lowest BCUT2D eigenvalue weighted by molar-refractivity contribution is -0.150. The number of likely N-dealkylation sites (tertiary alicyclic amines) is 1. The van der Waals surface area contributed by atoms with E-state index < -0.39 is 89.7 Å². The Morgan fingerprint density at radius 2 is 1.47 bits per heavy atom. The molecule has 446 valence electrons. The number of nitrogens with zero attached hydrogens (tertiary/aromatic N) is 3. The van der Waals surface area contributed by atoms with Gasteiger partial charge in [-0.05, 0) is 55.9 Å². The number of amides is 5. The van der Waals surface area contributed by atoms with Crippen LogP contribution in [0.3, 0.4) is 0 Å². The summed E-state index contributed by atoms with van der Waals surface area (Å²) >= 11 is 1.03. The Bertz CT molecular complexity index is 2160. The number of carbonyl (C=O) groups excluding carboxylic acids is 8. The van der Waals surface area contributed by atoms with Crippen LogP contribution in [0.1, 0.15) is 139 Å². The Morgan fingerprint density at radius 3 is 2.01 bits per heavy atom. The van der Waals surface area contributed by atoms with E-state index in [1.165, 1.54) is 26.0 Å². The van der Waals surface area contributed by atoms with Crippen LogP contribution in [0.5, 0.6) is 0 Å². The van der Waals surface area contributed by atoms with Crippen molar-refractivity contribution in [1.29, 1.82) is 0 Å². The number of likely N-dealkylation sites (N-methyl/N-ethyl adjacent to an activating group) is 2. The van der Waals surface area contributed by atoms with Crippen LogP contribution >= 0.6 is 11.8 Å². The van der Waals surface area contributed by atoms with Gasteiger partial charge in [0.15, 0.2) is 5.78 Å². The molecule has 2 unspecified atom stereocenters. The van der Waals surface area contributed by atoms with Crippen molar-refractivity contribution >= 4 is 70.6 Å². The summed E-state index contributed by atoms with van der Waals surface area (Å²) in [6.45, 7) is 16.8. The number of carboxylic acids is 2. The molecule has 1 aromatic carbocycles. The van der Waals surface area contributed by atoms with Gasteiger partial charge in [-0.1, -0.05) is 98.6 Å². The molecule has 1 saturated heterocycles. The van der Waals surface area contributed by atoms with Crippen molar-refractivity contribution < 1.29 is 67.6 Å². The average molecular weight is 1130 g/mol. The van der Waals surface area contributed by atoms with Crippen LogP contribution in [-0.4, -0.2) is 185 Å². The number of aliphatic carboxylic acids is 2. The molecule has 11 atom stereocenters. The van der Waals surface area contributed by atoms with Gasteiger partial charge in [0.25, 0.3) is 0 Å². The van der Waals surface area contributed by atoms with E-state index in [4.69, 9.17) is 9.47 Å². The van der Waals surface area contributed by atoms with Crippen LogP contribution in [0.4, 0.5) is 0 Å². The van der Waals surface area contributed by atoms with Gasteiger partial charge in [-0.3, -0.25) is 48.5 Å². The van der Waals surface area contributed by atoms with Crippen molar-refractivity contribution in [3.05, 3.63) is 35.9 Å². The molecule has 1 aromatic rings. The minimum Gasteiger partial charge on any atom is -0.481 e. The number of rotatable bonds is 39. The molecule has 0 saturated carbocycles. The van der Waals surface area contributed by atoms with Gasteiger partial charge in [0.05, 0.1) is 66.9 Å². The second-order valence-corrected chi connectivity index (χ2v) is 23.1. The van der Waals surface area contributed by atoms with Crippen molar-refractivity contribution in [2.75, 3.05) is 53.7 Å². The molecular formula is C58H94N6O14S. The van der Waals surface area contributed by atoms with Crippen molar-refractivity contribution in [2.45, 2.75) is 187 Å². The van der Waals surface area contributed by atoms with Crippen molar-refractivity contribution in [3.8, 4) is 0 Å². The zero-order chi connectivity index (χ0) is 59.7. The Morgan fingerprint density at radius 1 is 0.810 bits per heavy atom. The molecule has 1 fully saturated rings.